The quantitative estimate of drug-likeness (QED) is 0.889. The fraction of sp³-hybridized carbons (Fsp3) is 0.474. The van der Waals surface area contributed by atoms with Crippen molar-refractivity contribution >= 4 is 18.3 Å². The Morgan fingerprint density at radius 3 is 2.76 bits per heavy atom. The third-order valence-corrected chi connectivity index (χ3v) is 4.81. The number of amides is 1. The zero-order chi connectivity index (χ0) is 16.9. The molecule has 5 nitrogen and oxygen atoms in total. The SMILES string of the molecule is CCc1c(C(=O)N2CCCC(NC)C2)cnn1Cc1ccccc1.Cl. The van der Waals surface area contributed by atoms with E-state index in [4.69, 9.17) is 0 Å². The van der Waals surface area contributed by atoms with Crippen LogP contribution < -0.4 is 5.32 Å². The van der Waals surface area contributed by atoms with Gasteiger partial charge in [0.1, 0.15) is 0 Å². The first kappa shape index (κ1) is 19.5. The average Bonchev–Trinajstić information content (AvgIpc) is 3.04. The molecule has 0 bridgehead atoms. The molecule has 1 fully saturated rings. The predicted octanol–water partition coefficient (Wildman–Crippen LogP) is 2.74. The molecule has 1 aromatic carbocycles. The molecule has 3 rings (SSSR count). The molecule has 0 aliphatic carbocycles. The number of carbonyl (C=O) groups is 1. The maximum Gasteiger partial charge on any atom is 0.257 e. The van der Waals surface area contributed by atoms with Crippen LogP contribution in [0.25, 0.3) is 0 Å². The number of carbonyl (C=O) groups excluding carboxylic acids is 1. The minimum atomic E-state index is 0. The number of aromatic nitrogens is 2. The molecule has 1 N–H and O–H groups in total. The van der Waals surface area contributed by atoms with Crippen LogP contribution in [0, 0.1) is 0 Å². The molecule has 1 aliphatic heterocycles. The molecule has 2 heterocycles. The third kappa shape index (κ3) is 4.41. The fourth-order valence-electron chi connectivity index (χ4n) is 3.42. The molecular weight excluding hydrogens is 336 g/mol. The van der Waals surface area contributed by atoms with E-state index in [1.807, 2.05) is 34.8 Å². The summed E-state index contributed by atoms with van der Waals surface area (Å²) in [7, 11) is 1.97. The monoisotopic (exact) mass is 362 g/mol. The minimum Gasteiger partial charge on any atom is -0.337 e. The average molecular weight is 363 g/mol. The number of benzene rings is 1. The van der Waals surface area contributed by atoms with E-state index in [0.29, 0.717) is 12.6 Å². The lowest BCUT2D eigenvalue weighted by atomic mass is 10.0. The van der Waals surface area contributed by atoms with Gasteiger partial charge in [-0.1, -0.05) is 37.3 Å². The Kier molecular flexibility index (Phi) is 7.02. The Morgan fingerprint density at radius 2 is 2.08 bits per heavy atom. The topological polar surface area (TPSA) is 50.2 Å². The normalized spacial score (nSPS) is 17.2. The summed E-state index contributed by atoms with van der Waals surface area (Å²) in [5.74, 6) is 0.117. The molecule has 0 spiro atoms. The highest BCUT2D eigenvalue weighted by Crippen LogP contribution is 2.18. The van der Waals surface area contributed by atoms with E-state index in [1.54, 1.807) is 6.20 Å². The number of hydrogen-bond acceptors (Lipinski definition) is 3. The van der Waals surface area contributed by atoms with Crippen LogP contribution in [0.5, 0.6) is 0 Å². The Bertz CT molecular complexity index is 686. The Hall–Kier alpha value is -1.85. The van der Waals surface area contributed by atoms with Gasteiger partial charge in [0.15, 0.2) is 0 Å². The summed E-state index contributed by atoms with van der Waals surface area (Å²) in [6.45, 7) is 4.41. The molecule has 1 aromatic heterocycles. The van der Waals surface area contributed by atoms with Crippen molar-refractivity contribution in [1.82, 2.24) is 20.0 Å². The highest BCUT2D eigenvalue weighted by molar-refractivity contribution is 5.95. The summed E-state index contributed by atoms with van der Waals surface area (Å²) in [4.78, 5) is 14.9. The molecule has 1 atom stereocenters. The van der Waals surface area contributed by atoms with Crippen molar-refractivity contribution < 1.29 is 4.79 Å². The smallest absolute Gasteiger partial charge is 0.257 e. The van der Waals surface area contributed by atoms with Gasteiger partial charge in [0.25, 0.3) is 5.91 Å². The second kappa shape index (κ2) is 9.02. The summed E-state index contributed by atoms with van der Waals surface area (Å²) in [5, 5.41) is 7.78. The Morgan fingerprint density at radius 1 is 1.32 bits per heavy atom. The number of rotatable bonds is 5. The summed E-state index contributed by atoms with van der Waals surface area (Å²) in [5.41, 5.74) is 2.98. The molecular formula is C19H27ClN4O. The summed E-state index contributed by atoms with van der Waals surface area (Å²) in [6.07, 6.45) is 4.73. The van der Waals surface area contributed by atoms with Crippen molar-refractivity contribution in [2.24, 2.45) is 0 Å². The number of likely N-dealkylation sites (tertiary alicyclic amines) is 1. The van der Waals surface area contributed by atoms with Crippen molar-refractivity contribution in [2.45, 2.75) is 38.8 Å². The molecule has 1 saturated heterocycles. The van der Waals surface area contributed by atoms with Gasteiger partial charge in [-0.25, -0.2) is 0 Å². The number of nitrogens with zero attached hydrogens (tertiary/aromatic N) is 3. The van der Waals surface area contributed by atoms with Crippen LogP contribution in [0.1, 0.15) is 41.4 Å². The van der Waals surface area contributed by atoms with Gasteiger partial charge >= 0.3 is 0 Å². The number of likely N-dealkylation sites (N-methyl/N-ethyl adjacent to an activating group) is 1. The van der Waals surface area contributed by atoms with Crippen LogP contribution in [0.3, 0.4) is 0 Å². The van der Waals surface area contributed by atoms with Gasteiger partial charge in [0.05, 0.1) is 24.0 Å². The van der Waals surface area contributed by atoms with Gasteiger partial charge in [-0.3, -0.25) is 9.48 Å². The number of piperidine rings is 1. The number of halogens is 1. The first-order chi connectivity index (χ1) is 11.7. The van der Waals surface area contributed by atoms with Gasteiger partial charge < -0.3 is 10.2 Å². The van der Waals surface area contributed by atoms with Crippen LogP contribution in [0.15, 0.2) is 36.5 Å². The van der Waals surface area contributed by atoms with Gasteiger partial charge in [-0.2, -0.15) is 5.10 Å². The Balaban J connectivity index is 0.00000225. The van der Waals surface area contributed by atoms with Gasteiger partial charge in [0.2, 0.25) is 0 Å². The van der Waals surface area contributed by atoms with E-state index < -0.39 is 0 Å². The highest BCUT2D eigenvalue weighted by Gasteiger charge is 2.26. The second-order valence-corrected chi connectivity index (χ2v) is 6.38. The highest BCUT2D eigenvalue weighted by atomic mass is 35.5. The van der Waals surface area contributed by atoms with Crippen molar-refractivity contribution in [3.8, 4) is 0 Å². The first-order valence-electron chi connectivity index (χ1n) is 8.78. The first-order valence-corrected chi connectivity index (χ1v) is 8.78. The van der Waals surface area contributed by atoms with E-state index >= 15 is 0 Å². The molecule has 2 aromatic rings. The molecule has 136 valence electrons. The summed E-state index contributed by atoms with van der Waals surface area (Å²) < 4.78 is 1.96. The molecule has 6 heteroatoms. The minimum absolute atomic E-state index is 0. The molecule has 0 radical (unpaired) electrons. The second-order valence-electron chi connectivity index (χ2n) is 6.38. The maximum absolute atomic E-state index is 13.0. The lowest BCUT2D eigenvalue weighted by Gasteiger charge is -2.32. The van der Waals surface area contributed by atoms with E-state index in [2.05, 4.69) is 29.5 Å². The Labute approximate surface area is 155 Å². The van der Waals surface area contributed by atoms with Crippen molar-refractivity contribution in [1.29, 1.82) is 0 Å². The van der Waals surface area contributed by atoms with E-state index in [0.717, 1.165) is 43.6 Å². The van der Waals surface area contributed by atoms with Gasteiger partial charge in [0, 0.05) is 19.1 Å². The predicted molar refractivity (Wildman–Crippen MR) is 102 cm³/mol. The van der Waals surface area contributed by atoms with E-state index in [1.165, 1.54) is 5.56 Å². The van der Waals surface area contributed by atoms with Crippen molar-refractivity contribution in [2.75, 3.05) is 20.1 Å². The van der Waals surface area contributed by atoms with Crippen LogP contribution >= 0.6 is 12.4 Å². The zero-order valence-corrected chi connectivity index (χ0v) is 15.8. The van der Waals surface area contributed by atoms with E-state index in [9.17, 15) is 4.79 Å². The van der Waals surface area contributed by atoms with Crippen molar-refractivity contribution in [3.63, 3.8) is 0 Å². The fourth-order valence-corrected chi connectivity index (χ4v) is 3.42. The number of nitrogens with one attached hydrogen (secondary N) is 1. The largest absolute Gasteiger partial charge is 0.337 e. The third-order valence-electron chi connectivity index (χ3n) is 4.81. The molecule has 1 unspecified atom stereocenters. The molecule has 25 heavy (non-hydrogen) atoms. The van der Waals surface area contributed by atoms with Crippen LogP contribution in [-0.4, -0.2) is 46.8 Å². The standard InChI is InChI=1S/C19H26N4O.ClH/c1-3-18-17(19(24)22-11-7-10-16(14-22)20-2)12-21-23(18)13-15-8-5-4-6-9-15;/h4-6,8-9,12,16,20H,3,7,10-11,13-14H2,1-2H3;1H. The zero-order valence-electron chi connectivity index (χ0n) is 14.9. The van der Waals surface area contributed by atoms with Gasteiger partial charge in [-0.15, -0.1) is 12.4 Å². The maximum atomic E-state index is 13.0. The lowest BCUT2D eigenvalue weighted by Crippen LogP contribution is -2.47. The molecule has 0 saturated carbocycles. The van der Waals surface area contributed by atoms with E-state index in [-0.39, 0.29) is 18.3 Å². The molecule has 1 aliphatic rings. The molecule has 1 amide bonds. The lowest BCUT2D eigenvalue weighted by molar-refractivity contribution is 0.0697. The van der Waals surface area contributed by atoms with Crippen molar-refractivity contribution in [3.05, 3.63) is 53.3 Å². The van der Waals surface area contributed by atoms with Crippen LogP contribution in [-0.2, 0) is 13.0 Å². The van der Waals surface area contributed by atoms with Gasteiger partial charge in [-0.05, 0) is 31.9 Å². The summed E-state index contributed by atoms with van der Waals surface area (Å²) in [6, 6.07) is 10.6. The number of hydrogen-bond donors (Lipinski definition) is 1. The van der Waals surface area contributed by atoms with Crippen LogP contribution in [0.4, 0.5) is 0 Å². The van der Waals surface area contributed by atoms with Crippen LogP contribution in [0.2, 0.25) is 0 Å². The summed E-state index contributed by atoms with van der Waals surface area (Å²) >= 11 is 0.